The molecular formula is C13H15ClFN3O. The highest BCUT2D eigenvalue weighted by atomic mass is 35.5. The number of hydrogen-bond acceptors (Lipinski definition) is 4. The van der Waals surface area contributed by atoms with Crippen molar-refractivity contribution in [1.82, 2.24) is 15.5 Å². The Morgan fingerprint density at radius 1 is 1.42 bits per heavy atom. The third-order valence-electron chi connectivity index (χ3n) is 3.28. The van der Waals surface area contributed by atoms with E-state index in [-0.39, 0.29) is 24.1 Å². The highest BCUT2D eigenvalue weighted by molar-refractivity contribution is 5.85. The van der Waals surface area contributed by atoms with Crippen molar-refractivity contribution in [3.05, 3.63) is 35.5 Å². The summed E-state index contributed by atoms with van der Waals surface area (Å²) in [6.07, 6.45) is 1.00. The van der Waals surface area contributed by atoms with E-state index in [1.807, 2.05) is 0 Å². The zero-order valence-corrected chi connectivity index (χ0v) is 11.3. The van der Waals surface area contributed by atoms with Gasteiger partial charge in [0.15, 0.2) is 0 Å². The molecule has 1 atom stereocenters. The van der Waals surface area contributed by atoms with E-state index in [4.69, 9.17) is 4.52 Å². The van der Waals surface area contributed by atoms with E-state index in [1.165, 1.54) is 6.07 Å². The Kier molecular flexibility index (Phi) is 4.17. The van der Waals surface area contributed by atoms with E-state index >= 15 is 0 Å². The zero-order chi connectivity index (χ0) is 12.5. The average Bonchev–Trinajstić information content (AvgIpc) is 3.01. The Labute approximate surface area is 116 Å². The molecule has 19 heavy (non-hydrogen) atoms. The number of hydrogen-bond donors (Lipinski definition) is 1. The minimum Gasteiger partial charge on any atom is -0.339 e. The molecule has 0 amide bonds. The summed E-state index contributed by atoms with van der Waals surface area (Å²) in [5.41, 5.74) is 1.27. The molecule has 1 aliphatic rings. The number of aromatic nitrogens is 2. The van der Waals surface area contributed by atoms with Crippen LogP contribution in [0.3, 0.4) is 0 Å². The van der Waals surface area contributed by atoms with Gasteiger partial charge in [-0.05, 0) is 31.5 Å². The minimum atomic E-state index is -0.249. The van der Waals surface area contributed by atoms with Crippen LogP contribution in [-0.4, -0.2) is 23.2 Å². The van der Waals surface area contributed by atoms with Gasteiger partial charge in [-0.25, -0.2) is 4.39 Å². The summed E-state index contributed by atoms with van der Waals surface area (Å²) in [7, 11) is 0. The highest BCUT2D eigenvalue weighted by Gasteiger charge is 2.23. The molecule has 1 aromatic heterocycles. The second-order valence-electron chi connectivity index (χ2n) is 4.61. The van der Waals surface area contributed by atoms with Gasteiger partial charge in [0.2, 0.25) is 11.7 Å². The highest BCUT2D eigenvalue weighted by Crippen LogP contribution is 2.24. The molecule has 2 aromatic rings. The van der Waals surface area contributed by atoms with Crippen LogP contribution in [0.25, 0.3) is 11.4 Å². The summed E-state index contributed by atoms with van der Waals surface area (Å²) in [5.74, 6) is 1.12. The molecular weight excluding hydrogens is 269 g/mol. The normalized spacial score (nSPS) is 18.3. The van der Waals surface area contributed by atoms with E-state index in [0.29, 0.717) is 22.8 Å². The van der Waals surface area contributed by atoms with E-state index < -0.39 is 0 Å². The van der Waals surface area contributed by atoms with Gasteiger partial charge in [0.1, 0.15) is 5.82 Å². The van der Waals surface area contributed by atoms with E-state index in [0.717, 1.165) is 19.5 Å². The molecule has 1 saturated heterocycles. The largest absolute Gasteiger partial charge is 0.339 e. The molecule has 3 rings (SSSR count). The van der Waals surface area contributed by atoms with E-state index in [1.54, 1.807) is 19.1 Å². The van der Waals surface area contributed by atoms with E-state index in [2.05, 4.69) is 15.5 Å². The Hall–Kier alpha value is -1.46. The average molecular weight is 284 g/mol. The molecule has 2 heterocycles. The maximum atomic E-state index is 13.5. The minimum absolute atomic E-state index is 0. The summed E-state index contributed by atoms with van der Waals surface area (Å²) in [4.78, 5) is 4.35. The van der Waals surface area contributed by atoms with Crippen LogP contribution in [-0.2, 0) is 0 Å². The van der Waals surface area contributed by atoms with Gasteiger partial charge >= 0.3 is 0 Å². The van der Waals surface area contributed by atoms with Crippen molar-refractivity contribution >= 4 is 12.4 Å². The predicted octanol–water partition coefficient (Wildman–Crippen LogP) is 2.68. The van der Waals surface area contributed by atoms with Crippen molar-refractivity contribution < 1.29 is 8.91 Å². The summed E-state index contributed by atoms with van der Waals surface area (Å²) in [6, 6.07) is 4.97. The lowest BCUT2D eigenvalue weighted by Gasteiger charge is -1.99. The lowest BCUT2D eigenvalue weighted by atomic mass is 10.1. The topological polar surface area (TPSA) is 51.0 Å². The van der Waals surface area contributed by atoms with Crippen LogP contribution in [0, 0.1) is 12.7 Å². The van der Waals surface area contributed by atoms with Crippen LogP contribution in [0.2, 0.25) is 0 Å². The number of aryl methyl sites for hydroxylation is 1. The van der Waals surface area contributed by atoms with Crippen molar-refractivity contribution in [3.63, 3.8) is 0 Å². The third-order valence-corrected chi connectivity index (χ3v) is 3.28. The van der Waals surface area contributed by atoms with Gasteiger partial charge in [0.25, 0.3) is 0 Å². The first-order valence-corrected chi connectivity index (χ1v) is 6.05. The van der Waals surface area contributed by atoms with Crippen molar-refractivity contribution in [1.29, 1.82) is 0 Å². The Morgan fingerprint density at radius 2 is 2.26 bits per heavy atom. The molecule has 0 aliphatic carbocycles. The number of nitrogens with one attached hydrogen (secondary N) is 1. The monoisotopic (exact) mass is 283 g/mol. The molecule has 1 aliphatic heterocycles. The van der Waals surface area contributed by atoms with Gasteiger partial charge in [0.05, 0.1) is 5.92 Å². The summed E-state index contributed by atoms with van der Waals surface area (Å²) < 4.78 is 18.7. The summed E-state index contributed by atoms with van der Waals surface area (Å²) in [6.45, 7) is 3.57. The van der Waals surface area contributed by atoms with Gasteiger partial charge < -0.3 is 9.84 Å². The molecule has 6 heteroatoms. The molecule has 4 nitrogen and oxygen atoms in total. The van der Waals surface area contributed by atoms with Crippen LogP contribution in [0.1, 0.15) is 23.8 Å². The van der Waals surface area contributed by atoms with Crippen molar-refractivity contribution in [2.75, 3.05) is 13.1 Å². The smallest absolute Gasteiger partial charge is 0.231 e. The first kappa shape index (κ1) is 14.0. The fourth-order valence-electron chi connectivity index (χ4n) is 2.12. The van der Waals surface area contributed by atoms with Gasteiger partial charge in [-0.15, -0.1) is 12.4 Å². The summed E-state index contributed by atoms with van der Waals surface area (Å²) >= 11 is 0. The number of nitrogens with zero attached hydrogens (tertiary/aromatic N) is 2. The van der Waals surface area contributed by atoms with Gasteiger partial charge in [-0.2, -0.15) is 4.98 Å². The molecule has 102 valence electrons. The van der Waals surface area contributed by atoms with Crippen molar-refractivity contribution in [3.8, 4) is 11.4 Å². The van der Waals surface area contributed by atoms with Crippen molar-refractivity contribution in [2.45, 2.75) is 19.3 Å². The van der Waals surface area contributed by atoms with Crippen molar-refractivity contribution in [2.24, 2.45) is 0 Å². The lowest BCUT2D eigenvalue weighted by Crippen LogP contribution is -2.08. The van der Waals surface area contributed by atoms with Crippen LogP contribution in [0.15, 0.2) is 22.7 Å². The zero-order valence-electron chi connectivity index (χ0n) is 10.5. The standard InChI is InChI=1S/C13H14FN3O.ClH/c1-8-2-3-9(6-11(8)14)12-16-13(18-17-12)10-4-5-15-7-10;/h2-3,6,10,15H,4-5,7H2,1H3;1H. The van der Waals surface area contributed by atoms with Crippen LogP contribution < -0.4 is 5.32 Å². The van der Waals surface area contributed by atoms with Crippen LogP contribution >= 0.6 is 12.4 Å². The SMILES string of the molecule is Cc1ccc(-c2noc(C3CCNC3)n2)cc1F.Cl. The second kappa shape index (κ2) is 5.67. The molecule has 1 unspecified atom stereocenters. The Morgan fingerprint density at radius 3 is 2.95 bits per heavy atom. The molecule has 0 bridgehead atoms. The fraction of sp³-hybridized carbons (Fsp3) is 0.385. The molecule has 1 fully saturated rings. The lowest BCUT2D eigenvalue weighted by molar-refractivity contribution is 0.359. The fourth-order valence-corrected chi connectivity index (χ4v) is 2.12. The van der Waals surface area contributed by atoms with E-state index in [9.17, 15) is 4.39 Å². The third kappa shape index (κ3) is 2.77. The number of halogens is 2. The first-order valence-electron chi connectivity index (χ1n) is 6.05. The maximum absolute atomic E-state index is 13.5. The van der Waals surface area contributed by atoms with Gasteiger partial charge in [-0.1, -0.05) is 17.3 Å². The number of rotatable bonds is 2. The van der Waals surface area contributed by atoms with Gasteiger partial charge in [0, 0.05) is 12.1 Å². The quantitative estimate of drug-likeness (QED) is 0.921. The Balaban J connectivity index is 0.00000133. The first-order chi connectivity index (χ1) is 8.74. The van der Waals surface area contributed by atoms with Crippen LogP contribution in [0.5, 0.6) is 0 Å². The molecule has 0 saturated carbocycles. The van der Waals surface area contributed by atoms with Crippen LogP contribution in [0.4, 0.5) is 4.39 Å². The maximum Gasteiger partial charge on any atom is 0.231 e. The molecule has 1 aromatic carbocycles. The molecule has 0 spiro atoms. The molecule has 0 radical (unpaired) electrons. The second-order valence-corrected chi connectivity index (χ2v) is 4.61. The predicted molar refractivity (Wildman–Crippen MR) is 71.9 cm³/mol. The molecule has 1 N–H and O–H groups in total. The summed E-state index contributed by atoms with van der Waals surface area (Å²) in [5, 5.41) is 7.17. The Bertz CT molecular complexity index is 567. The van der Waals surface area contributed by atoms with Gasteiger partial charge in [-0.3, -0.25) is 0 Å². The number of benzene rings is 1.